The highest BCUT2D eigenvalue weighted by Crippen LogP contribution is 2.34. The first-order chi connectivity index (χ1) is 9.29. The summed E-state index contributed by atoms with van der Waals surface area (Å²) in [7, 11) is 0. The van der Waals surface area contributed by atoms with E-state index in [1.54, 1.807) is 11.3 Å². The zero-order valence-electron chi connectivity index (χ0n) is 10.6. The van der Waals surface area contributed by atoms with Crippen LogP contribution in [0.3, 0.4) is 0 Å². The van der Waals surface area contributed by atoms with Gasteiger partial charge in [-0.3, -0.25) is 0 Å². The molecule has 1 aromatic heterocycles. The van der Waals surface area contributed by atoms with Crippen LogP contribution in [0, 0.1) is 0 Å². The summed E-state index contributed by atoms with van der Waals surface area (Å²) >= 11 is 1.64. The highest BCUT2D eigenvalue weighted by Gasteiger charge is 2.23. The van der Waals surface area contributed by atoms with Gasteiger partial charge in [0.15, 0.2) is 0 Å². The minimum Gasteiger partial charge on any atom is -0.388 e. The summed E-state index contributed by atoms with van der Waals surface area (Å²) in [5, 5.41) is 12.6. The smallest absolute Gasteiger partial charge is 0.0878 e. The molecule has 3 rings (SSSR count). The quantitative estimate of drug-likeness (QED) is 0.901. The molecule has 0 saturated heterocycles. The second-order valence-corrected chi connectivity index (χ2v) is 5.80. The summed E-state index contributed by atoms with van der Waals surface area (Å²) in [6.07, 6.45) is -0.561. The SMILES string of the molecule is NCC(c1cccs1)C(O)c1ccc2c(c1)COC2. The Bertz CT molecular complexity index is 553. The predicted octanol–water partition coefficient (Wildman–Crippen LogP) is 2.55. The van der Waals surface area contributed by atoms with Crippen molar-refractivity contribution in [3.05, 3.63) is 57.3 Å². The second-order valence-electron chi connectivity index (χ2n) is 4.82. The maximum atomic E-state index is 10.6. The molecule has 100 valence electrons. The van der Waals surface area contributed by atoms with Gasteiger partial charge in [0.1, 0.15) is 0 Å². The summed E-state index contributed by atoms with van der Waals surface area (Å²) in [6, 6.07) is 10.1. The van der Waals surface area contributed by atoms with Crippen molar-refractivity contribution >= 4 is 11.3 Å². The molecular weight excluding hydrogens is 258 g/mol. The molecule has 2 atom stereocenters. The summed E-state index contributed by atoms with van der Waals surface area (Å²) in [4.78, 5) is 1.13. The normalized spacial score (nSPS) is 17.2. The first kappa shape index (κ1) is 12.8. The van der Waals surface area contributed by atoms with Gasteiger partial charge < -0.3 is 15.6 Å². The van der Waals surface area contributed by atoms with Crippen molar-refractivity contribution in [2.75, 3.05) is 6.54 Å². The van der Waals surface area contributed by atoms with E-state index in [1.165, 1.54) is 11.1 Å². The van der Waals surface area contributed by atoms with E-state index in [9.17, 15) is 5.11 Å². The molecule has 0 aliphatic carbocycles. The van der Waals surface area contributed by atoms with Crippen molar-refractivity contribution in [3.63, 3.8) is 0 Å². The van der Waals surface area contributed by atoms with Crippen LogP contribution < -0.4 is 5.73 Å². The summed E-state index contributed by atoms with van der Waals surface area (Å²) in [5.74, 6) is -0.0413. The van der Waals surface area contributed by atoms with E-state index < -0.39 is 6.10 Å². The maximum absolute atomic E-state index is 10.6. The number of thiophene rings is 1. The van der Waals surface area contributed by atoms with Gasteiger partial charge in [0.25, 0.3) is 0 Å². The number of aliphatic hydroxyl groups is 1. The largest absolute Gasteiger partial charge is 0.388 e. The lowest BCUT2D eigenvalue weighted by molar-refractivity contribution is 0.134. The Balaban J connectivity index is 1.88. The first-order valence-corrected chi connectivity index (χ1v) is 7.28. The molecule has 0 spiro atoms. The number of ether oxygens (including phenoxy) is 1. The topological polar surface area (TPSA) is 55.5 Å². The zero-order chi connectivity index (χ0) is 13.2. The van der Waals surface area contributed by atoms with E-state index in [-0.39, 0.29) is 5.92 Å². The van der Waals surface area contributed by atoms with Crippen LogP contribution in [0.5, 0.6) is 0 Å². The number of benzene rings is 1. The Labute approximate surface area is 116 Å². The fourth-order valence-electron chi connectivity index (χ4n) is 2.51. The lowest BCUT2D eigenvalue weighted by Crippen LogP contribution is -2.19. The number of hydrogen-bond acceptors (Lipinski definition) is 4. The molecule has 0 amide bonds. The van der Waals surface area contributed by atoms with Crippen LogP contribution >= 0.6 is 11.3 Å². The third kappa shape index (κ3) is 2.44. The molecule has 0 radical (unpaired) electrons. The van der Waals surface area contributed by atoms with Crippen LogP contribution in [0.15, 0.2) is 35.7 Å². The van der Waals surface area contributed by atoms with E-state index in [2.05, 4.69) is 0 Å². The fourth-order valence-corrected chi connectivity index (χ4v) is 3.38. The highest BCUT2D eigenvalue weighted by molar-refractivity contribution is 7.10. The number of rotatable bonds is 4. The van der Waals surface area contributed by atoms with Gasteiger partial charge in [-0.2, -0.15) is 0 Å². The molecule has 4 heteroatoms. The highest BCUT2D eigenvalue weighted by atomic mass is 32.1. The second kappa shape index (κ2) is 5.43. The molecule has 19 heavy (non-hydrogen) atoms. The monoisotopic (exact) mass is 275 g/mol. The van der Waals surface area contributed by atoms with Crippen LogP contribution in [0.4, 0.5) is 0 Å². The minimum absolute atomic E-state index is 0.0413. The van der Waals surface area contributed by atoms with Crippen molar-refractivity contribution in [3.8, 4) is 0 Å². The van der Waals surface area contributed by atoms with E-state index in [4.69, 9.17) is 10.5 Å². The first-order valence-electron chi connectivity index (χ1n) is 6.40. The molecule has 1 aromatic carbocycles. The molecule has 3 N–H and O–H groups in total. The Hall–Kier alpha value is -1.20. The summed E-state index contributed by atoms with van der Waals surface area (Å²) in [6.45, 7) is 1.76. The molecule has 0 bridgehead atoms. The van der Waals surface area contributed by atoms with E-state index in [0.29, 0.717) is 19.8 Å². The molecule has 3 nitrogen and oxygen atoms in total. The van der Waals surface area contributed by atoms with Gasteiger partial charge in [0.05, 0.1) is 19.3 Å². The Morgan fingerprint density at radius 1 is 1.26 bits per heavy atom. The summed E-state index contributed by atoms with van der Waals surface area (Å²) < 4.78 is 5.40. The van der Waals surface area contributed by atoms with Crippen molar-refractivity contribution < 1.29 is 9.84 Å². The lowest BCUT2D eigenvalue weighted by atomic mass is 9.92. The van der Waals surface area contributed by atoms with E-state index in [1.807, 2.05) is 35.7 Å². The average Bonchev–Trinajstić information content (AvgIpc) is 3.09. The van der Waals surface area contributed by atoms with Crippen LogP contribution in [-0.2, 0) is 18.0 Å². The van der Waals surface area contributed by atoms with Gasteiger partial charge >= 0.3 is 0 Å². The molecule has 2 aromatic rings. The molecular formula is C15H17NO2S. The molecule has 2 unspecified atom stereocenters. The standard InChI is InChI=1S/C15H17NO2S/c16-7-13(14-2-1-5-19-14)15(17)10-3-4-11-8-18-9-12(11)6-10/h1-6,13,15,17H,7-9,16H2. The van der Waals surface area contributed by atoms with Crippen molar-refractivity contribution in [2.45, 2.75) is 25.2 Å². The van der Waals surface area contributed by atoms with Gasteiger partial charge in [-0.15, -0.1) is 11.3 Å². The van der Waals surface area contributed by atoms with Crippen LogP contribution in [-0.4, -0.2) is 11.7 Å². The Morgan fingerprint density at radius 2 is 2.11 bits per heavy atom. The molecule has 1 aliphatic heterocycles. The average molecular weight is 275 g/mol. The third-order valence-electron chi connectivity index (χ3n) is 3.63. The minimum atomic E-state index is -0.561. The zero-order valence-corrected chi connectivity index (χ0v) is 11.4. The van der Waals surface area contributed by atoms with Crippen LogP contribution in [0.2, 0.25) is 0 Å². The Morgan fingerprint density at radius 3 is 2.84 bits per heavy atom. The van der Waals surface area contributed by atoms with Gasteiger partial charge in [-0.05, 0) is 28.1 Å². The summed E-state index contributed by atoms with van der Waals surface area (Å²) in [5.41, 5.74) is 9.16. The van der Waals surface area contributed by atoms with Crippen molar-refractivity contribution in [1.29, 1.82) is 0 Å². The molecule has 2 heterocycles. The maximum Gasteiger partial charge on any atom is 0.0878 e. The van der Waals surface area contributed by atoms with Gasteiger partial charge in [-0.1, -0.05) is 24.3 Å². The fraction of sp³-hybridized carbons (Fsp3) is 0.333. The van der Waals surface area contributed by atoms with Crippen LogP contribution in [0.25, 0.3) is 0 Å². The van der Waals surface area contributed by atoms with Crippen molar-refractivity contribution in [1.82, 2.24) is 0 Å². The Kier molecular flexibility index (Phi) is 3.66. The van der Waals surface area contributed by atoms with Gasteiger partial charge in [0.2, 0.25) is 0 Å². The van der Waals surface area contributed by atoms with Gasteiger partial charge in [0, 0.05) is 17.3 Å². The van der Waals surface area contributed by atoms with E-state index >= 15 is 0 Å². The van der Waals surface area contributed by atoms with Crippen LogP contribution in [0.1, 0.15) is 33.6 Å². The predicted molar refractivity (Wildman–Crippen MR) is 76.0 cm³/mol. The van der Waals surface area contributed by atoms with Gasteiger partial charge in [-0.25, -0.2) is 0 Å². The third-order valence-corrected chi connectivity index (χ3v) is 4.63. The molecule has 0 fully saturated rings. The van der Waals surface area contributed by atoms with Crippen molar-refractivity contribution in [2.24, 2.45) is 5.73 Å². The number of fused-ring (bicyclic) bond motifs is 1. The number of aliphatic hydroxyl groups excluding tert-OH is 1. The lowest BCUT2D eigenvalue weighted by Gasteiger charge is -2.21. The molecule has 1 aliphatic rings. The number of hydrogen-bond donors (Lipinski definition) is 2. The number of nitrogens with two attached hydrogens (primary N) is 1. The molecule has 0 saturated carbocycles. The van der Waals surface area contributed by atoms with E-state index in [0.717, 1.165) is 10.4 Å².